The molecule has 3 heteroatoms. The minimum absolute atomic E-state index is 0.322. The Kier molecular flexibility index (Phi) is 2.04. The summed E-state index contributed by atoms with van der Waals surface area (Å²) in [4.78, 5) is 0. The summed E-state index contributed by atoms with van der Waals surface area (Å²) in [5.41, 5.74) is 0.817. The average Bonchev–Trinajstić information content (AvgIpc) is 1.85. The van der Waals surface area contributed by atoms with Crippen molar-refractivity contribution in [3.05, 3.63) is 29.8 Å². The standard InChI is InChI=1S/C7H8BF2/c1-8-5-2-6(9)4-7(10)3-5/h2-4H,8H2,1H3/q-1. The quantitative estimate of drug-likeness (QED) is 0.507. The molecule has 0 unspecified atom stereocenters. The molecule has 1 rings (SSSR count). The molecule has 1 aromatic carbocycles. The van der Waals surface area contributed by atoms with Crippen LogP contribution in [-0.2, 0) is 0 Å². The maximum atomic E-state index is 12.4. The summed E-state index contributed by atoms with van der Waals surface area (Å²) in [6.45, 7) is 1.98. The van der Waals surface area contributed by atoms with Crippen LogP contribution in [0.3, 0.4) is 0 Å². The first-order valence-electron chi connectivity index (χ1n) is 3.61. The lowest BCUT2D eigenvalue weighted by Gasteiger charge is -2.00. The summed E-state index contributed by atoms with van der Waals surface area (Å²) in [7, 11) is -0.322. The van der Waals surface area contributed by atoms with E-state index in [1.807, 2.05) is 6.82 Å². The van der Waals surface area contributed by atoms with Gasteiger partial charge < -0.3 is 0 Å². The Labute approximate surface area is 59.1 Å². The fourth-order valence-electron chi connectivity index (χ4n) is 0.980. The van der Waals surface area contributed by atoms with Gasteiger partial charge in [-0.25, -0.2) is 14.2 Å². The molecule has 54 valence electrons. The molecule has 0 bridgehead atoms. The van der Waals surface area contributed by atoms with Gasteiger partial charge in [0.1, 0.15) is 11.6 Å². The van der Waals surface area contributed by atoms with Crippen LogP contribution in [0.2, 0.25) is 6.82 Å². The number of hydrogen-bond donors (Lipinski definition) is 0. The van der Waals surface area contributed by atoms with Gasteiger partial charge in [-0.1, -0.05) is 12.1 Å². The minimum Gasteiger partial charge on any atom is -0.212 e. The molecule has 0 amide bonds. The van der Waals surface area contributed by atoms with Gasteiger partial charge in [-0.15, -0.1) is 0 Å². The van der Waals surface area contributed by atoms with Gasteiger partial charge in [0.15, 0.2) is 0 Å². The van der Waals surface area contributed by atoms with Crippen LogP contribution in [0.5, 0.6) is 0 Å². The number of rotatable bonds is 1. The molecule has 1 aromatic rings. The smallest absolute Gasteiger partial charge is 0.122 e. The summed E-state index contributed by atoms with van der Waals surface area (Å²) in [5.74, 6) is -0.943. The first-order chi connectivity index (χ1) is 4.72. The van der Waals surface area contributed by atoms with E-state index < -0.39 is 11.6 Å². The Balaban J connectivity index is 3.06. The van der Waals surface area contributed by atoms with Gasteiger partial charge >= 0.3 is 0 Å². The first-order valence-corrected chi connectivity index (χ1v) is 3.61. The zero-order valence-corrected chi connectivity index (χ0v) is 5.99. The zero-order valence-electron chi connectivity index (χ0n) is 5.99. The molecule has 0 saturated carbocycles. The van der Waals surface area contributed by atoms with Crippen LogP contribution in [0, 0.1) is 11.6 Å². The normalized spacial score (nSPS) is 9.90. The highest BCUT2D eigenvalue weighted by Crippen LogP contribution is 1.98. The number of benzene rings is 1. The van der Waals surface area contributed by atoms with Crippen molar-refractivity contribution < 1.29 is 8.78 Å². The third kappa shape index (κ3) is 1.56. The van der Waals surface area contributed by atoms with E-state index in [-0.39, 0.29) is 7.28 Å². The van der Waals surface area contributed by atoms with Gasteiger partial charge in [-0.2, -0.15) is 6.82 Å². The van der Waals surface area contributed by atoms with Crippen molar-refractivity contribution >= 4 is 12.7 Å². The highest BCUT2D eigenvalue weighted by molar-refractivity contribution is 6.51. The van der Waals surface area contributed by atoms with Crippen LogP contribution < -0.4 is 5.46 Å². The Morgan fingerprint density at radius 1 is 1.10 bits per heavy atom. The molecule has 10 heavy (non-hydrogen) atoms. The van der Waals surface area contributed by atoms with Crippen molar-refractivity contribution in [3.8, 4) is 0 Å². The molecule has 0 atom stereocenters. The molecule has 0 nitrogen and oxygen atoms in total. The summed E-state index contributed by atoms with van der Waals surface area (Å²) < 4.78 is 24.8. The van der Waals surface area contributed by atoms with E-state index in [2.05, 4.69) is 0 Å². The third-order valence-corrected chi connectivity index (χ3v) is 1.58. The molecule has 0 aliphatic heterocycles. The van der Waals surface area contributed by atoms with E-state index in [0.717, 1.165) is 11.5 Å². The molecule has 0 aromatic heterocycles. The van der Waals surface area contributed by atoms with Crippen LogP contribution >= 0.6 is 0 Å². The molecular weight excluding hydrogens is 133 g/mol. The Hall–Kier alpha value is -0.855. The second kappa shape index (κ2) is 2.82. The predicted octanol–water partition coefficient (Wildman–Crippen LogP) is 0.807. The molecule has 0 spiro atoms. The van der Waals surface area contributed by atoms with E-state index >= 15 is 0 Å². The fraction of sp³-hybridized carbons (Fsp3) is 0.143. The van der Waals surface area contributed by atoms with Crippen LogP contribution in [0.4, 0.5) is 8.78 Å². The van der Waals surface area contributed by atoms with Crippen molar-refractivity contribution in [2.24, 2.45) is 0 Å². The Morgan fingerprint density at radius 2 is 1.60 bits per heavy atom. The van der Waals surface area contributed by atoms with E-state index in [0.29, 0.717) is 0 Å². The minimum atomic E-state index is -0.472. The second-order valence-corrected chi connectivity index (χ2v) is 2.45. The zero-order chi connectivity index (χ0) is 7.56. The number of halogens is 2. The molecule has 0 aliphatic rings. The third-order valence-electron chi connectivity index (χ3n) is 1.58. The topological polar surface area (TPSA) is 0 Å². The van der Waals surface area contributed by atoms with E-state index in [4.69, 9.17) is 0 Å². The highest BCUT2D eigenvalue weighted by atomic mass is 19.1. The van der Waals surface area contributed by atoms with E-state index in [1.54, 1.807) is 0 Å². The lowest BCUT2D eigenvalue weighted by atomic mass is 9.73. The molecule has 0 N–H and O–H groups in total. The van der Waals surface area contributed by atoms with Crippen molar-refractivity contribution in [1.82, 2.24) is 0 Å². The molecule has 0 aliphatic carbocycles. The van der Waals surface area contributed by atoms with Crippen LogP contribution in [-0.4, -0.2) is 7.28 Å². The first kappa shape index (κ1) is 7.25. The molecular formula is C7H8BF2-. The van der Waals surface area contributed by atoms with Gasteiger partial charge in [-0.3, -0.25) is 0 Å². The number of hydrogen-bond acceptors (Lipinski definition) is 0. The highest BCUT2D eigenvalue weighted by Gasteiger charge is 1.93. The van der Waals surface area contributed by atoms with E-state index in [1.165, 1.54) is 12.1 Å². The summed E-state index contributed by atoms with van der Waals surface area (Å²) in [6, 6.07) is 3.68. The summed E-state index contributed by atoms with van der Waals surface area (Å²) >= 11 is 0. The van der Waals surface area contributed by atoms with Crippen LogP contribution in [0.1, 0.15) is 0 Å². The predicted molar refractivity (Wildman–Crippen MR) is 40.4 cm³/mol. The van der Waals surface area contributed by atoms with Crippen LogP contribution in [0.15, 0.2) is 18.2 Å². The fourth-order valence-corrected chi connectivity index (χ4v) is 0.980. The monoisotopic (exact) mass is 141 g/mol. The summed E-state index contributed by atoms with van der Waals surface area (Å²) in [5, 5.41) is 0. The lowest BCUT2D eigenvalue weighted by Crippen LogP contribution is -2.11. The van der Waals surface area contributed by atoms with Gasteiger partial charge in [0.2, 0.25) is 0 Å². The summed E-state index contributed by atoms with van der Waals surface area (Å²) in [6.07, 6.45) is 0. The van der Waals surface area contributed by atoms with Gasteiger partial charge in [-0.05, 0) is 7.28 Å². The van der Waals surface area contributed by atoms with Crippen molar-refractivity contribution in [2.75, 3.05) is 0 Å². The average molecular weight is 141 g/mol. The Morgan fingerprint density at radius 3 is 2.00 bits per heavy atom. The maximum absolute atomic E-state index is 12.4. The molecule has 0 heterocycles. The largest absolute Gasteiger partial charge is 0.212 e. The van der Waals surface area contributed by atoms with E-state index in [9.17, 15) is 8.78 Å². The van der Waals surface area contributed by atoms with Crippen LogP contribution in [0.25, 0.3) is 0 Å². The second-order valence-electron chi connectivity index (χ2n) is 2.45. The Bertz CT molecular complexity index is 215. The molecule has 0 fully saturated rings. The van der Waals surface area contributed by atoms with Gasteiger partial charge in [0, 0.05) is 6.07 Å². The molecule has 0 saturated heterocycles. The van der Waals surface area contributed by atoms with Crippen molar-refractivity contribution in [2.45, 2.75) is 6.82 Å². The lowest BCUT2D eigenvalue weighted by molar-refractivity contribution is 0.585. The molecule has 0 radical (unpaired) electrons. The SMILES string of the molecule is C[BH2-]c1cc(F)cc(F)c1. The van der Waals surface area contributed by atoms with Crippen molar-refractivity contribution in [1.29, 1.82) is 0 Å². The van der Waals surface area contributed by atoms with Gasteiger partial charge in [0.25, 0.3) is 0 Å². The van der Waals surface area contributed by atoms with Gasteiger partial charge in [0.05, 0.1) is 0 Å². The maximum Gasteiger partial charge on any atom is 0.122 e. The van der Waals surface area contributed by atoms with Crippen molar-refractivity contribution in [3.63, 3.8) is 0 Å².